The highest BCUT2D eigenvalue weighted by molar-refractivity contribution is 6.03. The van der Waals surface area contributed by atoms with E-state index in [9.17, 15) is 9.59 Å². The molecule has 0 unspecified atom stereocenters. The number of para-hydroxylation sites is 1. The third-order valence-electron chi connectivity index (χ3n) is 4.10. The van der Waals surface area contributed by atoms with Gasteiger partial charge < -0.3 is 18.9 Å². The van der Waals surface area contributed by atoms with Crippen molar-refractivity contribution in [1.82, 2.24) is 0 Å². The molecule has 1 N–H and O–H groups in total. The van der Waals surface area contributed by atoms with Crippen molar-refractivity contribution >= 4 is 22.6 Å². The molecule has 0 radical (unpaired) electrons. The van der Waals surface area contributed by atoms with Crippen LogP contribution in [0, 0.1) is 0 Å². The third-order valence-corrected chi connectivity index (χ3v) is 4.10. The summed E-state index contributed by atoms with van der Waals surface area (Å²) >= 11 is 0. The Morgan fingerprint density at radius 3 is 2.67 bits per heavy atom. The maximum Gasteiger partial charge on any atom is 0.291 e. The third kappa shape index (κ3) is 3.20. The van der Waals surface area contributed by atoms with E-state index in [-0.39, 0.29) is 11.2 Å². The summed E-state index contributed by atoms with van der Waals surface area (Å²) in [6.45, 7) is 0. The van der Waals surface area contributed by atoms with Gasteiger partial charge in [0.2, 0.25) is 0 Å². The van der Waals surface area contributed by atoms with Crippen molar-refractivity contribution in [2.24, 2.45) is 0 Å². The topological polar surface area (TPSA) is 81.7 Å². The number of hydrogen-bond donors (Lipinski definition) is 1. The maximum atomic E-state index is 12.6. The van der Waals surface area contributed by atoms with Gasteiger partial charge in [0.1, 0.15) is 17.1 Å². The number of amides is 1. The molecule has 0 aliphatic rings. The average Bonchev–Trinajstić information content (AvgIpc) is 3.23. The molecule has 0 bridgehead atoms. The maximum absolute atomic E-state index is 12.6. The van der Waals surface area contributed by atoms with Crippen LogP contribution in [0.25, 0.3) is 22.3 Å². The number of furan rings is 1. The zero-order valence-corrected chi connectivity index (χ0v) is 14.4. The molecule has 2 aromatic carbocycles. The number of methoxy groups -OCH3 is 1. The minimum absolute atomic E-state index is 0.189. The highest BCUT2D eigenvalue weighted by atomic mass is 16.5. The van der Waals surface area contributed by atoms with Gasteiger partial charge in [-0.25, -0.2) is 0 Å². The highest BCUT2D eigenvalue weighted by Crippen LogP contribution is 2.30. The number of benzene rings is 2. The molecule has 6 heteroatoms. The predicted octanol–water partition coefficient (Wildman–Crippen LogP) is 4.31. The number of rotatable bonds is 4. The fourth-order valence-corrected chi connectivity index (χ4v) is 2.82. The van der Waals surface area contributed by atoms with E-state index in [0.29, 0.717) is 33.7 Å². The number of fused-ring (bicyclic) bond motifs is 1. The zero-order valence-electron chi connectivity index (χ0n) is 14.4. The van der Waals surface area contributed by atoms with E-state index in [1.54, 1.807) is 43.5 Å². The molecule has 0 aliphatic heterocycles. The van der Waals surface area contributed by atoms with Crippen molar-refractivity contribution < 1.29 is 18.4 Å². The van der Waals surface area contributed by atoms with E-state index in [4.69, 9.17) is 13.6 Å². The molecule has 4 aromatic rings. The summed E-state index contributed by atoms with van der Waals surface area (Å²) in [5.41, 5.74) is 1.36. The van der Waals surface area contributed by atoms with E-state index >= 15 is 0 Å². The van der Waals surface area contributed by atoms with Crippen molar-refractivity contribution in [3.8, 4) is 17.1 Å². The van der Waals surface area contributed by atoms with Crippen LogP contribution >= 0.6 is 0 Å². The quantitative estimate of drug-likeness (QED) is 0.586. The Balaban J connectivity index is 1.72. The van der Waals surface area contributed by atoms with Crippen molar-refractivity contribution in [2.45, 2.75) is 0 Å². The second-order valence-corrected chi connectivity index (χ2v) is 5.82. The van der Waals surface area contributed by atoms with Gasteiger partial charge in [-0.05, 0) is 42.5 Å². The van der Waals surface area contributed by atoms with Gasteiger partial charge in [0.05, 0.1) is 24.3 Å². The number of hydrogen-bond acceptors (Lipinski definition) is 5. The summed E-state index contributed by atoms with van der Waals surface area (Å²) in [6, 6.07) is 16.8. The smallest absolute Gasteiger partial charge is 0.291 e. The SMILES string of the molecule is COc1ccccc1-c1cc(=O)c2cc(NC(=O)c3ccco3)ccc2o1. The van der Waals surface area contributed by atoms with Gasteiger partial charge in [0.25, 0.3) is 5.91 Å². The van der Waals surface area contributed by atoms with Gasteiger partial charge in [-0.3, -0.25) is 9.59 Å². The second-order valence-electron chi connectivity index (χ2n) is 5.82. The van der Waals surface area contributed by atoms with Crippen molar-refractivity contribution in [1.29, 1.82) is 0 Å². The van der Waals surface area contributed by atoms with Crippen molar-refractivity contribution in [3.05, 3.63) is 82.9 Å². The largest absolute Gasteiger partial charge is 0.496 e. The Morgan fingerprint density at radius 1 is 1.04 bits per heavy atom. The van der Waals surface area contributed by atoms with Crippen molar-refractivity contribution in [2.75, 3.05) is 12.4 Å². The second kappa shape index (κ2) is 6.84. The van der Waals surface area contributed by atoms with Crippen LogP contribution in [0.4, 0.5) is 5.69 Å². The first-order valence-electron chi connectivity index (χ1n) is 8.22. The van der Waals surface area contributed by atoms with Crippen LogP contribution in [0.2, 0.25) is 0 Å². The lowest BCUT2D eigenvalue weighted by Crippen LogP contribution is -2.11. The van der Waals surface area contributed by atoms with Crippen LogP contribution in [0.3, 0.4) is 0 Å². The van der Waals surface area contributed by atoms with Crippen LogP contribution in [0.15, 0.2) is 80.6 Å². The Hall–Kier alpha value is -3.80. The first-order valence-corrected chi connectivity index (χ1v) is 8.22. The molecule has 1 amide bonds. The van der Waals surface area contributed by atoms with Gasteiger partial charge in [0, 0.05) is 11.8 Å². The lowest BCUT2D eigenvalue weighted by Gasteiger charge is -2.09. The van der Waals surface area contributed by atoms with Gasteiger partial charge in [-0.15, -0.1) is 0 Å². The summed E-state index contributed by atoms with van der Waals surface area (Å²) in [5.74, 6) is 0.822. The number of ether oxygens (including phenoxy) is 1. The summed E-state index contributed by atoms with van der Waals surface area (Å²) in [5, 5.41) is 3.06. The molecule has 0 saturated heterocycles. The molecule has 27 heavy (non-hydrogen) atoms. The molecule has 0 atom stereocenters. The molecule has 4 rings (SSSR count). The highest BCUT2D eigenvalue weighted by Gasteiger charge is 2.13. The molecule has 0 spiro atoms. The Bertz CT molecular complexity index is 1170. The molecule has 134 valence electrons. The van der Waals surface area contributed by atoms with Crippen LogP contribution in [-0.4, -0.2) is 13.0 Å². The monoisotopic (exact) mass is 361 g/mol. The molecule has 6 nitrogen and oxygen atoms in total. The zero-order chi connectivity index (χ0) is 18.8. The normalized spacial score (nSPS) is 10.7. The standard InChI is InChI=1S/C21H15NO5/c1-25-17-6-3-2-5-14(17)20-12-16(23)15-11-13(8-9-18(15)27-20)22-21(24)19-7-4-10-26-19/h2-12H,1H3,(H,22,24). The van der Waals surface area contributed by atoms with Gasteiger partial charge in [0.15, 0.2) is 11.2 Å². The number of carbonyl (C=O) groups is 1. The van der Waals surface area contributed by atoms with E-state index in [1.165, 1.54) is 12.3 Å². The van der Waals surface area contributed by atoms with Crippen LogP contribution in [0.1, 0.15) is 10.6 Å². The van der Waals surface area contributed by atoms with Crippen LogP contribution in [0.5, 0.6) is 5.75 Å². The Kier molecular flexibility index (Phi) is 4.22. The predicted molar refractivity (Wildman–Crippen MR) is 101 cm³/mol. The molecular formula is C21H15NO5. The van der Waals surface area contributed by atoms with Gasteiger partial charge >= 0.3 is 0 Å². The van der Waals surface area contributed by atoms with Crippen molar-refractivity contribution in [3.63, 3.8) is 0 Å². The average molecular weight is 361 g/mol. The van der Waals surface area contributed by atoms with E-state index < -0.39 is 5.91 Å². The molecule has 2 aromatic heterocycles. The van der Waals surface area contributed by atoms with Crippen LogP contribution in [-0.2, 0) is 0 Å². The lowest BCUT2D eigenvalue weighted by atomic mass is 10.1. The minimum atomic E-state index is -0.394. The summed E-state index contributed by atoms with van der Waals surface area (Å²) in [6.07, 6.45) is 1.42. The summed E-state index contributed by atoms with van der Waals surface area (Å²) in [7, 11) is 1.56. The number of nitrogens with one attached hydrogen (secondary N) is 1. The van der Waals surface area contributed by atoms with E-state index in [2.05, 4.69) is 5.32 Å². The van der Waals surface area contributed by atoms with Gasteiger partial charge in [-0.2, -0.15) is 0 Å². The summed E-state index contributed by atoms with van der Waals surface area (Å²) < 4.78 is 16.3. The van der Waals surface area contributed by atoms with Crippen LogP contribution < -0.4 is 15.5 Å². The number of carbonyl (C=O) groups excluding carboxylic acids is 1. The fourth-order valence-electron chi connectivity index (χ4n) is 2.82. The van der Waals surface area contributed by atoms with E-state index in [1.807, 2.05) is 18.2 Å². The molecule has 2 heterocycles. The first kappa shape index (κ1) is 16.7. The molecule has 0 aliphatic carbocycles. The summed E-state index contributed by atoms with van der Waals surface area (Å²) in [4.78, 5) is 24.7. The lowest BCUT2D eigenvalue weighted by molar-refractivity contribution is 0.0996. The van der Waals surface area contributed by atoms with E-state index in [0.717, 1.165) is 0 Å². The molecular weight excluding hydrogens is 346 g/mol. The molecule has 0 fully saturated rings. The minimum Gasteiger partial charge on any atom is -0.496 e. The van der Waals surface area contributed by atoms with Gasteiger partial charge in [-0.1, -0.05) is 12.1 Å². The molecule has 0 saturated carbocycles. The Morgan fingerprint density at radius 2 is 1.89 bits per heavy atom. The fraction of sp³-hybridized carbons (Fsp3) is 0.0476. The Labute approximate surface area is 154 Å². The first-order chi connectivity index (χ1) is 13.2. The number of anilines is 1.